The van der Waals surface area contributed by atoms with Crippen molar-refractivity contribution in [3.63, 3.8) is 0 Å². The molecule has 1 heterocycles. The number of quaternary nitrogens is 1. The molecule has 2 rings (SSSR count). The van der Waals surface area contributed by atoms with Gasteiger partial charge in [0, 0.05) is 12.0 Å². The van der Waals surface area contributed by atoms with Gasteiger partial charge in [0.2, 0.25) is 5.91 Å². The topological polar surface area (TPSA) is 59.7 Å². The predicted molar refractivity (Wildman–Crippen MR) is 53.5 cm³/mol. The second-order valence-corrected chi connectivity index (χ2v) is 3.75. The van der Waals surface area contributed by atoms with Crippen molar-refractivity contribution >= 4 is 5.91 Å². The minimum Gasteiger partial charge on any atom is -0.369 e. The fourth-order valence-corrected chi connectivity index (χ4v) is 2.10. The van der Waals surface area contributed by atoms with Gasteiger partial charge >= 0.3 is 0 Å². The molecule has 1 aromatic carbocycles. The van der Waals surface area contributed by atoms with Gasteiger partial charge in [-0.1, -0.05) is 24.3 Å². The van der Waals surface area contributed by atoms with Gasteiger partial charge in [0.1, 0.15) is 6.04 Å². The van der Waals surface area contributed by atoms with E-state index in [4.69, 9.17) is 5.73 Å². The van der Waals surface area contributed by atoms with Crippen LogP contribution in [-0.4, -0.2) is 12.5 Å². The number of amides is 1. The molecule has 1 amide bonds. The molecule has 1 aliphatic rings. The first kappa shape index (κ1) is 9.21. The number of fused-ring (bicyclic) bond motifs is 1. The first-order valence-electron chi connectivity index (χ1n) is 4.97. The van der Waals surface area contributed by atoms with Gasteiger partial charge in [0.15, 0.2) is 0 Å². The molecule has 0 saturated carbocycles. The number of carbonyl (C=O) groups excluding carboxylic acids is 1. The Morgan fingerprint density at radius 2 is 2.29 bits per heavy atom. The quantitative estimate of drug-likeness (QED) is 0.664. The molecule has 0 fully saturated rings. The van der Waals surface area contributed by atoms with Crippen molar-refractivity contribution in [1.29, 1.82) is 0 Å². The Balaban J connectivity index is 2.26. The van der Waals surface area contributed by atoms with E-state index in [2.05, 4.69) is 17.4 Å². The van der Waals surface area contributed by atoms with E-state index in [1.807, 2.05) is 12.1 Å². The summed E-state index contributed by atoms with van der Waals surface area (Å²) in [7, 11) is 0. The van der Waals surface area contributed by atoms with Crippen molar-refractivity contribution < 1.29 is 10.1 Å². The Morgan fingerprint density at radius 3 is 3.07 bits per heavy atom. The van der Waals surface area contributed by atoms with Crippen molar-refractivity contribution in [2.24, 2.45) is 5.73 Å². The molecule has 4 N–H and O–H groups in total. The Morgan fingerprint density at radius 1 is 1.50 bits per heavy atom. The van der Waals surface area contributed by atoms with Gasteiger partial charge < -0.3 is 11.1 Å². The maximum absolute atomic E-state index is 10.9. The lowest BCUT2D eigenvalue weighted by Gasteiger charge is -2.22. The normalized spacial score (nSPS) is 20.1. The largest absolute Gasteiger partial charge is 0.369 e. The summed E-state index contributed by atoms with van der Waals surface area (Å²) in [5.74, 6) is -0.219. The van der Waals surface area contributed by atoms with Gasteiger partial charge in [-0.05, 0) is 5.56 Å². The van der Waals surface area contributed by atoms with Crippen molar-refractivity contribution in [1.82, 2.24) is 0 Å². The van der Waals surface area contributed by atoms with Crippen LogP contribution < -0.4 is 11.1 Å². The lowest BCUT2D eigenvalue weighted by atomic mass is 9.92. The average Bonchev–Trinajstić information content (AvgIpc) is 2.18. The van der Waals surface area contributed by atoms with Crippen molar-refractivity contribution in [2.75, 3.05) is 6.54 Å². The van der Waals surface area contributed by atoms with Crippen LogP contribution in [0.25, 0.3) is 0 Å². The smallest absolute Gasteiger partial charge is 0.223 e. The number of primary amides is 1. The second-order valence-electron chi connectivity index (χ2n) is 3.75. The Bertz CT molecular complexity index is 349. The Hall–Kier alpha value is -1.35. The van der Waals surface area contributed by atoms with Crippen LogP contribution in [0.15, 0.2) is 24.3 Å². The first-order chi connectivity index (χ1) is 6.77. The van der Waals surface area contributed by atoms with Crippen LogP contribution in [-0.2, 0) is 11.2 Å². The van der Waals surface area contributed by atoms with Gasteiger partial charge in [-0.25, -0.2) is 0 Å². The highest BCUT2D eigenvalue weighted by atomic mass is 16.1. The molecular formula is C11H15N2O+. The SMILES string of the molecule is NC(=O)CC1[NH2+]CCc2ccccc21. The zero-order valence-electron chi connectivity index (χ0n) is 8.07. The summed E-state index contributed by atoms with van der Waals surface area (Å²) in [5.41, 5.74) is 7.86. The molecule has 1 aliphatic heterocycles. The van der Waals surface area contributed by atoms with Crippen LogP contribution >= 0.6 is 0 Å². The molecule has 0 aromatic heterocycles. The number of carbonyl (C=O) groups is 1. The highest BCUT2D eigenvalue weighted by Crippen LogP contribution is 2.20. The summed E-state index contributed by atoms with van der Waals surface area (Å²) in [6, 6.07) is 8.53. The highest BCUT2D eigenvalue weighted by molar-refractivity contribution is 5.74. The van der Waals surface area contributed by atoms with E-state index in [9.17, 15) is 4.79 Å². The second kappa shape index (κ2) is 3.80. The van der Waals surface area contributed by atoms with Gasteiger partial charge in [-0.2, -0.15) is 0 Å². The zero-order chi connectivity index (χ0) is 9.97. The standard InChI is InChI=1S/C11H14N2O/c12-11(14)7-10-9-4-2-1-3-8(9)5-6-13-10/h1-4,10,13H,5-7H2,(H2,12,14)/p+1. The summed E-state index contributed by atoms with van der Waals surface area (Å²) < 4.78 is 0. The molecule has 1 atom stereocenters. The molecular weight excluding hydrogens is 176 g/mol. The van der Waals surface area contributed by atoms with Crippen molar-refractivity contribution in [3.8, 4) is 0 Å². The van der Waals surface area contributed by atoms with Gasteiger partial charge in [-0.3, -0.25) is 4.79 Å². The first-order valence-corrected chi connectivity index (χ1v) is 4.97. The molecule has 0 bridgehead atoms. The minimum absolute atomic E-state index is 0.219. The maximum atomic E-state index is 10.9. The zero-order valence-corrected chi connectivity index (χ0v) is 8.07. The molecule has 0 saturated heterocycles. The molecule has 1 aromatic rings. The third kappa shape index (κ3) is 1.77. The number of benzene rings is 1. The van der Waals surface area contributed by atoms with E-state index < -0.39 is 0 Å². The summed E-state index contributed by atoms with van der Waals surface area (Å²) in [6.45, 7) is 1.05. The Labute approximate surface area is 83.3 Å². The summed E-state index contributed by atoms with van der Waals surface area (Å²) in [4.78, 5) is 10.9. The molecule has 3 heteroatoms. The molecule has 0 aliphatic carbocycles. The highest BCUT2D eigenvalue weighted by Gasteiger charge is 2.23. The van der Waals surface area contributed by atoms with Crippen molar-refractivity contribution in [2.45, 2.75) is 18.9 Å². The minimum atomic E-state index is -0.219. The molecule has 14 heavy (non-hydrogen) atoms. The van der Waals surface area contributed by atoms with E-state index in [0.29, 0.717) is 6.42 Å². The van der Waals surface area contributed by atoms with Crippen LogP contribution in [0.5, 0.6) is 0 Å². The van der Waals surface area contributed by atoms with E-state index >= 15 is 0 Å². The van der Waals surface area contributed by atoms with Crippen LogP contribution in [0.2, 0.25) is 0 Å². The van der Waals surface area contributed by atoms with E-state index in [0.717, 1.165) is 13.0 Å². The molecule has 1 unspecified atom stereocenters. The van der Waals surface area contributed by atoms with Crippen LogP contribution in [0.4, 0.5) is 0 Å². The third-order valence-electron chi connectivity index (χ3n) is 2.74. The lowest BCUT2D eigenvalue weighted by molar-refractivity contribution is -0.698. The molecule has 74 valence electrons. The monoisotopic (exact) mass is 191 g/mol. The van der Waals surface area contributed by atoms with E-state index in [1.165, 1.54) is 11.1 Å². The molecule has 3 nitrogen and oxygen atoms in total. The summed E-state index contributed by atoms with van der Waals surface area (Å²) in [6.07, 6.45) is 1.53. The average molecular weight is 191 g/mol. The molecule has 0 spiro atoms. The number of hydrogen-bond donors (Lipinski definition) is 2. The fourth-order valence-electron chi connectivity index (χ4n) is 2.10. The van der Waals surface area contributed by atoms with Gasteiger partial charge in [0.25, 0.3) is 0 Å². The van der Waals surface area contributed by atoms with Crippen molar-refractivity contribution in [3.05, 3.63) is 35.4 Å². The lowest BCUT2D eigenvalue weighted by Crippen LogP contribution is -2.87. The van der Waals surface area contributed by atoms with Crippen LogP contribution in [0.3, 0.4) is 0 Å². The fraction of sp³-hybridized carbons (Fsp3) is 0.364. The molecule has 0 radical (unpaired) electrons. The number of nitrogens with two attached hydrogens (primary N) is 2. The van der Waals surface area contributed by atoms with Gasteiger partial charge in [-0.15, -0.1) is 0 Å². The van der Waals surface area contributed by atoms with Crippen LogP contribution in [0.1, 0.15) is 23.6 Å². The van der Waals surface area contributed by atoms with E-state index in [1.54, 1.807) is 0 Å². The predicted octanol–water partition coefficient (Wildman–Crippen LogP) is -0.277. The van der Waals surface area contributed by atoms with Gasteiger partial charge in [0.05, 0.1) is 13.0 Å². The Kier molecular flexibility index (Phi) is 2.50. The number of rotatable bonds is 2. The van der Waals surface area contributed by atoms with Crippen LogP contribution in [0, 0.1) is 0 Å². The number of hydrogen-bond acceptors (Lipinski definition) is 1. The summed E-state index contributed by atoms with van der Waals surface area (Å²) in [5, 5.41) is 2.20. The maximum Gasteiger partial charge on any atom is 0.223 e. The summed E-state index contributed by atoms with van der Waals surface area (Å²) >= 11 is 0. The third-order valence-corrected chi connectivity index (χ3v) is 2.74. The van der Waals surface area contributed by atoms with E-state index in [-0.39, 0.29) is 11.9 Å².